The van der Waals surface area contributed by atoms with Crippen LogP contribution in [0.3, 0.4) is 0 Å². The van der Waals surface area contributed by atoms with Gasteiger partial charge in [-0.3, -0.25) is 0 Å². The van der Waals surface area contributed by atoms with Crippen LogP contribution in [-0.4, -0.2) is 29.3 Å². The molecule has 1 unspecified atom stereocenters. The van der Waals surface area contributed by atoms with E-state index in [-0.39, 0.29) is 10.8 Å². The van der Waals surface area contributed by atoms with E-state index < -0.39 is 12.7 Å². The van der Waals surface area contributed by atoms with Crippen LogP contribution in [0, 0.1) is 0 Å². The number of hydrogen-bond donors (Lipinski definition) is 1. The predicted octanol–water partition coefficient (Wildman–Crippen LogP) is 2.03. The summed E-state index contributed by atoms with van der Waals surface area (Å²) in [6.07, 6.45) is -4.09. The third-order valence-electron chi connectivity index (χ3n) is 2.01. The zero-order chi connectivity index (χ0) is 9.41. The highest BCUT2D eigenvalue weighted by Gasteiger charge is 2.41. The van der Waals surface area contributed by atoms with Gasteiger partial charge in [-0.1, -0.05) is 0 Å². The van der Waals surface area contributed by atoms with E-state index in [4.69, 9.17) is 0 Å². The second-order valence-electron chi connectivity index (χ2n) is 3.46. The molecule has 1 fully saturated rings. The van der Waals surface area contributed by atoms with Gasteiger partial charge < -0.3 is 5.32 Å². The molecular formula is C7H12F3NS. The SMILES string of the molecule is CC1(C)SCC1NCC(F)(F)F. The third kappa shape index (κ3) is 2.55. The Morgan fingerprint density at radius 2 is 2.08 bits per heavy atom. The van der Waals surface area contributed by atoms with Crippen molar-refractivity contribution in [2.45, 2.75) is 30.8 Å². The Kier molecular flexibility index (Phi) is 2.63. The van der Waals surface area contributed by atoms with Crippen molar-refractivity contribution in [3.8, 4) is 0 Å². The second-order valence-corrected chi connectivity index (χ2v) is 5.14. The number of thioether (sulfide) groups is 1. The quantitative estimate of drug-likeness (QED) is 0.730. The van der Waals surface area contributed by atoms with E-state index in [1.807, 2.05) is 13.8 Å². The Labute approximate surface area is 74.1 Å². The van der Waals surface area contributed by atoms with Crippen molar-refractivity contribution in [2.75, 3.05) is 12.3 Å². The first kappa shape index (κ1) is 10.2. The zero-order valence-corrected chi connectivity index (χ0v) is 7.85. The normalized spacial score (nSPS) is 28.2. The summed E-state index contributed by atoms with van der Waals surface area (Å²) in [4.78, 5) is 0. The molecule has 0 aromatic heterocycles. The summed E-state index contributed by atoms with van der Waals surface area (Å²) in [6.45, 7) is 3.03. The Balaban J connectivity index is 2.25. The number of rotatable bonds is 2. The van der Waals surface area contributed by atoms with E-state index in [1.54, 1.807) is 11.8 Å². The lowest BCUT2D eigenvalue weighted by Gasteiger charge is -2.44. The first-order valence-corrected chi connectivity index (χ1v) is 4.74. The van der Waals surface area contributed by atoms with Crippen LogP contribution in [0.4, 0.5) is 13.2 Å². The fourth-order valence-electron chi connectivity index (χ4n) is 1.04. The minimum atomic E-state index is -4.09. The minimum Gasteiger partial charge on any atom is -0.304 e. The topological polar surface area (TPSA) is 12.0 Å². The molecule has 0 bridgehead atoms. The Hall–Kier alpha value is 0.100. The van der Waals surface area contributed by atoms with Crippen LogP contribution in [0.2, 0.25) is 0 Å². The molecule has 12 heavy (non-hydrogen) atoms. The molecule has 1 saturated heterocycles. The van der Waals surface area contributed by atoms with E-state index in [1.165, 1.54) is 0 Å². The summed E-state index contributed by atoms with van der Waals surface area (Å²) in [5, 5.41) is 2.50. The van der Waals surface area contributed by atoms with Gasteiger partial charge in [-0.25, -0.2) is 0 Å². The second kappa shape index (κ2) is 3.10. The summed E-state index contributed by atoms with van der Waals surface area (Å²) >= 11 is 1.69. The van der Waals surface area contributed by atoms with Gasteiger partial charge in [-0.05, 0) is 13.8 Å². The lowest BCUT2D eigenvalue weighted by atomic mass is 10.0. The molecule has 5 heteroatoms. The molecular weight excluding hydrogens is 187 g/mol. The van der Waals surface area contributed by atoms with Crippen LogP contribution in [0.15, 0.2) is 0 Å². The number of alkyl halides is 3. The number of halogens is 3. The summed E-state index contributed by atoms with van der Waals surface area (Å²) in [5.74, 6) is 0.781. The summed E-state index contributed by atoms with van der Waals surface area (Å²) in [6, 6.07) is 0.00382. The van der Waals surface area contributed by atoms with E-state index in [9.17, 15) is 13.2 Å². The van der Waals surface area contributed by atoms with Gasteiger partial charge in [0.2, 0.25) is 0 Å². The largest absolute Gasteiger partial charge is 0.401 e. The van der Waals surface area contributed by atoms with E-state index in [0.29, 0.717) is 0 Å². The van der Waals surface area contributed by atoms with E-state index in [0.717, 1.165) is 5.75 Å². The maximum absolute atomic E-state index is 11.8. The summed E-state index contributed by atoms with van der Waals surface area (Å²) < 4.78 is 35.2. The summed E-state index contributed by atoms with van der Waals surface area (Å²) in [7, 11) is 0. The van der Waals surface area contributed by atoms with Crippen molar-refractivity contribution < 1.29 is 13.2 Å². The molecule has 1 heterocycles. The number of nitrogens with one attached hydrogen (secondary N) is 1. The molecule has 0 aromatic carbocycles. The molecule has 0 aromatic rings. The Morgan fingerprint density at radius 1 is 1.50 bits per heavy atom. The molecule has 1 nitrogen and oxygen atoms in total. The average molecular weight is 199 g/mol. The highest BCUT2D eigenvalue weighted by Crippen LogP contribution is 2.40. The highest BCUT2D eigenvalue weighted by molar-refractivity contribution is 8.02. The van der Waals surface area contributed by atoms with Gasteiger partial charge >= 0.3 is 6.18 Å². The standard InChI is InChI=1S/C7H12F3NS/c1-6(2)5(3-12-6)11-4-7(8,9)10/h5,11H,3-4H2,1-2H3. The van der Waals surface area contributed by atoms with Gasteiger partial charge in [0.1, 0.15) is 0 Å². The van der Waals surface area contributed by atoms with Crippen LogP contribution in [0.5, 0.6) is 0 Å². The van der Waals surface area contributed by atoms with Crippen molar-refractivity contribution in [3.63, 3.8) is 0 Å². The summed E-state index contributed by atoms with van der Waals surface area (Å²) in [5.41, 5.74) is 0. The minimum absolute atomic E-state index is 0.00382. The molecule has 0 amide bonds. The molecule has 0 aliphatic carbocycles. The lowest BCUT2D eigenvalue weighted by Crippen LogP contribution is -2.56. The van der Waals surface area contributed by atoms with Gasteiger partial charge in [0.15, 0.2) is 0 Å². The van der Waals surface area contributed by atoms with Crippen LogP contribution in [-0.2, 0) is 0 Å². The molecule has 1 atom stereocenters. The van der Waals surface area contributed by atoms with Crippen molar-refractivity contribution in [3.05, 3.63) is 0 Å². The molecule has 1 N–H and O–H groups in total. The molecule has 1 aliphatic heterocycles. The van der Waals surface area contributed by atoms with Crippen LogP contribution < -0.4 is 5.32 Å². The monoisotopic (exact) mass is 199 g/mol. The first-order chi connectivity index (χ1) is 5.31. The van der Waals surface area contributed by atoms with Gasteiger partial charge in [0, 0.05) is 16.5 Å². The van der Waals surface area contributed by atoms with Gasteiger partial charge in [0.25, 0.3) is 0 Å². The highest BCUT2D eigenvalue weighted by atomic mass is 32.2. The van der Waals surface area contributed by atoms with Crippen LogP contribution in [0.25, 0.3) is 0 Å². The molecule has 0 saturated carbocycles. The fraction of sp³-hybridized carbons (Fsp3) is 1.00. The Bertz CT molecular complexity index is 167. The van der Waals surface area contributed by atoms with Crippen LogP contribution in [0.1, 0.15) is 13.8 Å². The average Bonchev–Trinajstić information content (AvgIpc) is 1.83. The van der Waals surface area contributed by atoms with Gasteiger partial charge in [0.05, 0.1) is 6.54 Å². The smallest absolute Gasteiger partial charge is 0.304 e. The lowest BCUT2D eigenvalue weighted by molar-refractivity contribution is -0.126. The van der Waals surface area contributed by atoms with Gasteiger partial charge in [-0.15, -0.1) is 0 Å². The molecule has 0 radical (unpaired) electrons. The Morgan fingerprint density at radius 3 is 2.33 bits per heavy atom. The van der Waals surface area contributed by atoms with Crippen LogP contribution >= 0.6 is 11.8 Å². The number of hydrogen-bond acceptors (Lipinski definition) is 2. The van der Waals surface area contributed by atoms with Crippen molar-refractivity contribution in [2.24, 2.45) is 0 Å². The first-order valence-electron chi connectivity index (χ1n) is 3.75. The maximum atomic E-state index is 11.8. The molecule has 1 aliphatic rings. The molecule has 0 spiro atoms. The maximum Gasteiger partial charge on any atom is 0.401 e. The van der Waals surface area contributed by atoms with Crippen molar-refractivity contribution >= 4 is 11.8 Å². The fourth-order valence-corrected chi connectivity index (χ4v) is 2.24. The third-order valence-corrected chi connectivity index (χ3v) is 3.54. The van der Waals surface area contributed by atoms with E-state index >= 15 is 0 Å². The molecule has 1 rings (SSSR count). The van der Waals surface area contributed by atoms with Crippen molar-refractivity contribution in [1.29, 1.82) is 0 Å². The van der Waals surface area contributed by atoms with E-state index in [2.05, 4.69) is 5.32 Å². The van der Waals surface area contributed by atoms with Gasteiger partial charge in [-0.2, -0.15) is 24.9 Å². The predicted molar refractivity (Wildman–Crippen MR) is 44.4 cm³/mol. The molecule has 72 valence electrons. The van der Waals surface area contributed by atoms with Crippen molar-refractivity contribution in [1.82, 2.24) is 5.32 Å². The zero-order valence-electron chi connectivity index (χ0n) is 7.03.